The lowest BCUT2D eigenvalue weighted by Gasteiger charge is -2.36. The first-order valence-corrected chi connectivity index (χ1v) is 14.2. The van der Waals surface area contributed by atoms with Crippen LogP contribution in [-0.4, -0.2) is 14.9 Å². The Labute approximate surface area is 166 Å². The standard InChI is InChI=1S/C24H48OSi/c1-7-8-9-10-11-12-13-14-15-16-17-18-19-20-21-22-23-25-26(5,6)24(2,3)4/h11-12,14-15H,7-10,13,16-23H2,1-6H3/b12-11-,15-14-. The first kappa shape index (κ1) is 25.7. The molecule has 0 bridgehead atoms. The van der Waals surface area contributed by atoms with Gasteiger partial charge < -0.3 is 4.43 Å². The maximum atomic E-state index is 6.24. The quantitative estimate of drug-likeness (QED) is 0.148. The lowest BCUT2D eigenvalue weighted by Crippen LogP contribution is -2.40. The molecule has 2 heteroatoms. The summed E-state index contributed by atoms with van der Waals surface area (Å²) in [5.41, 5.74) is 0. The van der Waals surface area contributed by atoms with Crippen molar-refractivity contribution in [3.63, 3.8) is 0 Å². The molecule has 0 aliphatic heterocycles. The lowest BCUT2D eigenvalue weighted by atomic mass is 10.1. The summed E-state index contributed by atoms with van der Waals surface area (Å²) in [5, 5.41) is 0.339. The molecule has 0 heterocycles. The van der Waals surface area contributed by atoms with Gasteiger partial charge in [-0.2, -0.15) is 0 Å². The van der Waals surface area contributed by atoms with Crippen LogP contribution < -0.4 is 0 Å². The van der Waals surface area contributed by atoms with Gasteiger partial charge in [-0.15, -0.1) is 0 Å². The van der Waals surface area contributed by atoms with Crippen molar-refractivity contribution in [3.8, 4) is 0 Å². The Morgan fingerprint density at radius 3 is 1.73 bits per heavy atom. The van der Waals surface area contributed by atoms with E-state index in [1.54, 1.807) is 0 Å². The Kier molecular flexibility index (Phi) is 15.5. The van der Waals surface area contributed by atoms with Crippen molar-refractivity contribution < 1.29 is 4.43 Å². The van der Waals surface area contributed by atoms with Gasteiger partial charge in [0.1, 0.15) is 0 Å². The van der Waals surface area contributed by atoms with E-state index < -0.39 is 8.32 Å². The Morgan fingerprint density at radius 1 is 0.692 bits per heavy atom. The predicted molar refractivity (Wildman–Crippen MR) is 123 cm³/mol. The molecule has 0 N–H and O–H groups in total. The number of rotatable bonds is 16. The van der Waals surface area contributed by atoms with E-state index in [4.69, 9.17) is 4.43 Å². The number of allylic oxidation sites excluding steroid dienone is 4. The highest BCUT2D eigenvalue weighted by atomic mass is 28.4. The minimum Gasteiger partial charge on any atom is -0.417 e. The third-order valence-electron chi connectivity index (χ3n) is 5.61. The van der Waals surface area contributed by atoms with Crippen LogP contribution >= 0.6 is 0 Å². The van der Waals surface area contributed by atoms with Gasteiger partial charge in [0.05, 0.1) is 0 Å². The molecule has 0 aliphatic carbocycles. The highest BCUT2D eigenvalue weighted by Gasteiger charge is 2.36. The molecule has 0 aromatic rings. The van der Waals surface area contributed by atoms with Crippen LogP contribution in [0.2, 0.25) is 18.1 Å². The summed E-state index contributed by atoms with van der Waals surface area (Å²) < 4.78 is 6.24. The summed E-state index contributed by atoms with van der Waals surface area (Å²) in [6, 6.07) is 0. The van der Waals surface area contributed by atoms with Gasteiger partial charge in [-0.25, -0.2) is 0 Å². The molecule has 26 heavy (non-hydrogen) atoms. The highest BCUT2D eigenvalue weighted by Crippen LogP contribution is 2.36. The minimum atomic E-state index is -1.53. The van der Waals surface area contributed by atoms with Crippen LogP contribution in [0.15, 0.2) is 24.3 Å². The van der Waals surface area contributed by atoms with Crippen molar-refractivity contribution in [3.05, 3.63) is 24.3 Å². The van der Waals surface area contributed by atoms with Crippen LogP contribution in [-0.2, 0) is 4.43 Å². The molecule has 0 amide bonds. The molecule has 0 unspecified atom stereocenters. The van der Waals surface area contributed by atoms with E-state index in [0.717, 1.165) is 13.0 Å². The van der Waals surface area contributed by atoms with E-state index in [2.05, 4.69) is 65.1 Å². The molecule has 0 saturated heterocycles. The van der Waals surface area contributed by atoms with Gasteiger partial charge in [0.25, 0.3) is 0 Å². The zero-order valence-electron chi connectivity index (χ0n) is 18.9. The van der Waals surface area contributed by atoms with Crippen molar-refractivity contribution in [1.29, 1.82) is 0 Å². The SMILES string of the molecule is CCCCC/C=C\C/C=C\CCCCCCCCO[Si](C)(C)C(C)(C)C. The second kappa shape index (κ2) is 15.7. The average molecular weight is 381 g/mol. The molecule has 1 nitrogen and oxygen atoms in total. The molecular formula is C24H48OSi. The van der Waals surface area contributed by atoms with Crippen LogP contribution in [0, 0.1) is 0 Å². The second-order valence-electron chi connectivity index (χ2n) is 9.19. The molecule has 0 saturated carbocycles. The Balaban J connectivity index is 3.38. The molecule has 0 aromatic carbocycles. The van der Waals surface area contributed by atoms with Crippen LogP contribution in [0.1, 0.15) is 105 Å². The maximum Gasteiger partial charge on any atom is 0.191 e. The fourth-order valence-corrected chi connectivity index (χ4v) is 3.72. The summed E-state index contributed by atoms with van der Waals surface area (Å²) >= 11 is 0. The molecule has 154 valence electrons. The molecule has 0 rings (SSSR count). The third-order valence-corrected chi connectivity index (χ3v) is 10.2. The highest BCUT2D eigenvalue weighted by molar-refractivity contribution is 6.74. The van der Waals surface area contributed by atoms with Crippen molar-refractivity contribution in [1.82, 2.24) is 0 Å². The van der Waals surface area contributed by atoms with Crippen molar-refractivity contribution in [2.45, 2.75) is 123 Å². The zero-order valence-corrected chi connectivity index (χ0v) is 19.9. The lowest BCUT2D eigenvalue weighted by molar-refractivity contribution is 0.277. The van der Waals surface area contributed by atoms with Crippen molar-refractivity contribution >= 4 is 8.32 Å². The predicted octanol–water partition coefficient (Wildman–Crippen LogP) is 8.82. The van der Waals surface area contributed by atoms with Gasteiger partial charge in [0.15, 0.2) is 8.32 Å². The Morgan fingerprint density at radius 2 is 1.19 bits per heavy atom. The van der Waals surface area contributed by atoms with E-state index in [-0.39, 0.29) is 0 Å². The summed E-state index contributed by atoms with van der Waals surface area (Å²) in [4.78, 5) is 0. The molecule has 0 radical (unpaired) electrons. The second-order valence-corrected chi connectivity index (χ2v) is 14.0. The van der Waals surface area contributed by atoms with Crippen LogP contribution in [0.4, 0.5) is 0 Å². The minimum absolute atomic E-state index is 0.339. The fourth-order valence-electron chi connectivity index (χ4n) is 2.63. The van der Waals surface area contributed by atoms with Crippen LogP contribution in [0.25, 0.3) is 0 Å². The normalized spacial score (nSPS) is 13.3. The first-order valence-electron chi connectivity index (χ1n) is 11.2. The maximum absolute atomic E-state index is 6.24. The summed E-state index contributed by atoms with van der Waals surface area (Å²) in [6.07, 6.45) is 25.0. The van der Waals surface area contributed by atoms with Gasteiger partial charge in [0, 0.05) is 6.61 Å². The number of hydrogen-bond donors (Lipinski definition) is 0. The first-order chi connectivity index (χ1) is 12.3. The monoisotopic (exact) mass is 380 g/mol. The van der Waals surface area contributed by atoms with Gasteiger partial charge >= 0.3 is 0 Å². The molecule has 0 spiro atoms. The fraction of sp³-hybridized carbons (Fsp3) is 0.833. The summed E-state index contributed by atoms with van der Waals surface area (Å²) in [6.45, 7) is 14.9. The topological polar surface area (TPSA) is 9.23 Å². The Bertz CT molecular complexity index is 363. The van der Waals surface area contributed by atoms with E-state index in [0.29, 0.717) is 5.04 Å². The third kappa shape index (κ3) is 14.8. The van der Waals surface area contributed by atoms with E-state index >= 15 is 0 Å². The van der Waals surface area contributed by atoms with Gasteiger partial charge in [-0.1, -0.05) is 90.5 Å². The summed E-state index contributed by atoms with van der Waals surface area (Å²) in [7, 11) is -1.53. The van der Waals surface area contributed by atoms with E-state index in [1.807, 2.05) is 0 Å². The van der Waals surface area contributed by atoms with Crippen molar-refractivity contribution in [2.75, 3.05) is 6.61 Å². The Hall–Kier alpha value is -0.343. The molecule has 0 atom stereocenters. The largest absolute Gasteiger partial charge is 0.417 e. The van der Waals surface area contributed by atoms with E-state index in [1.165, 1.54) is 70.6 Å². The average Bonchev–Trinajstić information content (AvgIpc) is 2.56. The molecule has 0 aromatic heterocycles. The summed E-state index contributed by atoms with van der Waals surface area (Å²) in [5.74, 6) is 0. The molecule has 0 aliphatic rings. The van der Waals surface area contributed by atoms with Gasteiger partial charge in [-0.05, 0) is 56.7 Å². The molecular weight excluding hydrogens is 332 g/mol. The number of unbranched alkanes of at least 4 members (excludes halogenated alkanes) is 9. The van der Waals surface area contributed by atoms with Crippen molar-refractivity contribution in [2.24, 2.45) is 0 Å². The van der Waals surface area contributed by atoms with Gasteiger partial charge in [0.2, 0.25) is 0 Å². The van der Waals surface area contributed by atoms with Crippen LogP contribution in [0.3, 0.4) is 0 Å². The molecule has 0 fully saturated rings. The number of hydrogen-bond acceptors (Lipinski definition) is 1. The zero-order chi connectivity index (χ0) is 19.7. The van der Waals surface area contributed by atoms with E-state index in [9.17, 15) is 0 Å². The smallest absolute Gasteiger partial charge is 0.191 e. The van der Waals surface area contributed by atoms with Crippen LogP contribution in [0.5, 0.6) is 0 Å². The van der Waals surface area contributed by atoms with Gasteiger partial charge in [-0.3, -0.25) is 0 Å².